The normalized spacial score (nSPS) is 11.9. The van der Waals surface area contributed by atoms with Crippen LogP contribution in [0.4, 0.5) is 17.6 Å². The molecule has 4 nitrogen and oxygen atoms in total. The van der Waals surface area contributed by atoms with Gasteiger partial charge >= 0.3 is 12.3 Å². The van der Waals surface area contributed by atoms with E-state index in [0.717, 1.165) is 47.7 Å². The first-order chi connectivity index (χ1) is 17.8. The molecule has 0 aliphatic heterocycles. The molecule has 0 radical (unpaired) electrons. The topological polar surface area (TPSA) is 55.8 Å². The molecule has 8 heteroatoms. The Kier molecular flexibility index (Phi) is 9.41. The van der Waals surface area contributed by atoms with E-state index in [1.54, 1.807) is 30.3 Å². The lowest BCUT2D eigenvalue weighted by Gasteiger charge is -2.26. The lowest BCUT2D eigenvalue weighted by molar-refractivity contribution is -0.274. The van der Waals surface area contributed by atoms with Gasteiger partial charge in [-0.25, -0.2) is 4.39 Å². The number of carbonyl (C=O) groups is 1. The molecule has 0 spiro atoms. The second-order valence-electron chi connectivity index (χ2n) is 10.1. The van der Waals surface area contributed by atoms with E-state index in [1.807, 2.05) is 12.1 Å². The molecule has 0 heterocycles. The van der Waals surface area contributed by atoms with Crippen molar-refractivity contribution in [3.05, 3.63) is 83.2 Å². The lowest BCUT2D eigenvalue weighted by atomic mass is 9.79. The molecule has 0 atom stereocenters. The monoisotopic (exact) mass is 532 g/mol. The van der Waals surface area contributed by atoms with Crippen molar-refractivity contribution in [3.63, 3.8) is 0 Å². The number of ether oxygens (including phenoxy) is 2. The molecular weight excluding hydrogens is 500 g/mol. The Bertz CT molecular complexity index is 1250. The highest BCUT2D eigenvalue weighted by Crippen LogP contribution is 2.37. The van der Waals surface area contributed by atoms with Crippen molar-refractivity contribution >= 4 is 5.97 Å². The zero-order valence-corrected chi connectivity index (χ0v) is 21.7. The summed E-state index contributed by atoms with van der Waals surface area (Å²) in [6.07, 6.45) is -2.03. The van der Waals surface area contributed by atoms with Gasteiger partial charge in [-0.2, -0.15) is 0 Å². The fraction of sp³-hybridized carbons (Fsp3) is 0.367. The molecule has 3 aromatic rings. The molecule has 0 fully saturated rings. The van der Waals surface area contributed by atoms with Gasteiger partial charge in [0.15, 0.2) is 0 Å². The van der Waals surface area contributed by atoms with Crippen LogP contribution in [0.15, 0.2) is 60.7 Å². The van der Waals surface area contributed by atoms with Gasteiger partial charge < -0.3 is 14.6 Å². The van der Waals surface area contributed by atoms with E-state index in [2.05, 4.69) is 25.5 Å². The Labute approximate surface area is 220 Å². The van der Waals surface area contributed by atoms with Crippen LogP contribution >= 0.6 is 0 Å². The maximum atomic E-state index is 14.9. The first kappa shape index (κ1) is 29.0. The highest BCUT2D eigenvalue weighted by Gasteiger charge is 2.31. The summed E-state index contributed by atoms with van der Waals surface area (Å²) in [6.45, 7) is 6.50. The van der Waals surface area contributed by atoms with Crippen molar-refractivity contribution in [1.82, 2.24) is 0 Å². The maximum Gasteiger partial charge on any atom is 0.573 e. The summed E-state index contributed by atoms with van der Waals surface area (Å²) in [4.78, 5) is 10.9. The number of benzene rings is 3. The Morgan fingerprint density at radius 3 is 2.37 bits per heavy atom. The third kappa shape index (κ3) is 8.78. The van der Waals surface area contributed by atoms with Crippen LogP contribution in [0, 0.1) is 11.2 Å². The minimum absolute atomic E-state index is 0.0214. The number of carboxylic acid groups (broad SMARTS) is 1. The van der Waals surface area contributed by atoms with Crippen molar-refractivity contribution in [2.45, 2.75) is 65.8 Å². The SMILES string of the molecule is CCCC(C)(C)Cc1cc(COc2cccc(CCC(=O)O)c2)ccc1-c1cc(OC(F)(F)F)ccc1F. The third-order valence-corrected chi connectivity index (χ3v) is 6.16. The van der Waals surface area contributed by atoms with E-state index in [-0.39, 0.29) is 24.0 Å². The number of aliphatic carboxylic acids is 1. The summed E-state index contributed by atoms with van der Waals surface area (Å²) in [5.74, 6) is -1.41. The molecular formula is C30H32F4O4. The molecule has 0 aliphatic carbocycles. The fourth-order valence-electron chi connectivity index (χ4n) is 4.54. The quantitative estimate of drug-likeness (QED) is 0.238. The fourth-order valence-corrected chi connectivity index (χ4v) is 4.54. The summed E-state index contributed by atoms with van der Waals surface area (Å²) in [5, 5.41) is 8.91. The maximum absolute atomic E-state index is 14.9. The number of hydrogen-bond acceptors (Lipinski definition) is 3. The Morgan fingerprint density at radius 1 is 0.921 bits per heavy atom. The van der Waals surface area contributed by atoms with Crippen LogP contribution in [-0.2, 0) is 24.2 Å². The van der Waals surface area contributed by atoms with Gasteiger partial charge in [-0.15, -0.1) is 13.2 Å². The Morgan fingerprint density at radius 2 is 1.68 bits per heavy atom. The van der Waals surface area contributed by atoms with Gasteiger partial charge in [-0.05, 0) is 77.3 Å². The van der Waals surface area contributed by atoms with Crippen LogP contribution in [-0.4, -0.2) is 17.4 Å². The Balaban J connectivity index is 1.91. The summed E-state index contributed by atoms with van der Waals surface area (Å²) < 4.78 is 63.2. The molecule has 38 heavy (non-hydrogen) atoms. The van der Waals surface area contributed by atoms with Crippen molar-refractivity contribution in [2.24, 2.45) is 5.41 Å². The zero-order valence-electron chi connectivity index (χ0n) is 21.7. The van der Waals surface area contributed by atoms with Crippen LogP contribution in [0.1, 0.15) is 56.7 Å². The standard InChI is InChI=1S/C30H32F4O4/c1-4-14-29(2,3)18-22-15-21(19-37-23-7-5-6-20(16-23)9-13-28(35)36)8-11-25(22)26-17-24(10-12-27(26)31)38-30(32,33)34/h5-8,10-12,15-17H,4,9,13-14,18-19H2,1-3H3,(H,35,36). The average molecular weight is 533 g/mol. The third-order valence-electron chi connectivity index (χ3n) is 6.16. The van der Waals surface area contributed by atoms with Gasteiger partial charge in [0.05, 0.1) is 0 Å². The van der Waals surface area contributed by atoms with Gasteiger partial charge in [-0.3, -0.25) is 4.79 Å². The summed E-state index contributed by atoms with van der Waals surface area (Å²) in [6, 6.07) is 15.6. The molecule has 0 bridgehead atoms. The smallest absolute Gasteiger partial charge is 0.489 e. The Hall–Kier alpha value is -3.55. The average Bonchev–Trinajstić information content (AvgIpc) is 2.82. The molecule has 0 aliphatic rings. The number of carboxylic acids is 1. The largest absolute Gasteiger partial charge is 0.573 e. The minimum atomic E-state index is -4.88. The molecule has 3 aromatic carbocycles. The number of hydrogen-bond donors (Lipinski definition) is 1. The number of aryl methyl sites for hydroxylation is 1. The number of halogens is 4. The van der Waals surface area contributed by atoms with Crippen LogP contribution in [0.3, 0.4) is 0 Å². The number of rotatable bonds is 12. The van der Waals surface area contributed by atoms with Gasteiger partial charge in [-0.1, -0.05) is 57.5 Å². The summed E-state index contributed by atoms with van der Waals surface area (Å²) >= 11 is 0. The zero-order chi connectivity index (χ0) is 27.9. The molecule has 3 rings (SSSR count). The van der Waals surface area contributed by atoms with Crippen molar-refractivity contribution in [2.75, 3.05) is 0 Å². The van der Waals surface area contributed by atoms with E-state index in [4.69, 9.17) is 9.84 Å². The van der Waals surface area contributed by atoms with Crippen molar-refractivity contribution < 1.29 is 36.9 Å². The van der Waals surface area contributed by atoms with Gasteiger partial charge in [0.1, 0.15) is 23.9 Å². The molecule has 0 saturated carbocycles. The van der Waals surface area contributed by atoms with Crippen LogP contribution in [0.25, 0.3) is 11.1 Å². The minimum Gasteiger partial charge on any atom is -0.489 e. The van der Waals surface area contributed by atoms with E-state index in [1.165, 1.54) is 0 Å². The highest BCUT2D eigenvalue weighted by atomic mass is 19.4. The lowest BCUT2D eigenvalue weighted by Crippen LogP contribution is -2.17. The molecule has 0 unspecified atom stereocenters. The summed E-state index contributed by atoms with van der Waals surface area (Å²) in [5.41, 5.74) is 2.86. The molecule has 0 amide bonds. The summed E-state index contributed by atoms with van der Waals surface area (Å²) in [7, 11) is 0. The van der Waals surface area contributed by atoms with Gasteiger partial charge in [0, 0.05) is 12.0 Å². The molecule has 204 valence electrons. The molecule has 1 N–H and O–H groups in total. The molecule has 0 aromatic heterocycles. The van der Waals surface area contributed by atoms with Crippen molar-refractivity contribution in [3.8, 4) is 22.6 Å². The van der Waals surface area contributed by atoms with E-state index in [9.17, 15) is 22.4 Å². The second kappa shape index (κ2) is 12.3. The first-order valence-corrected chi connectivity index (χ1v) is 12.5. The van der Waals surface area contributed by atoms with Crippen LogP contribution in [0.5, 0.6) is 11.5 Å². The van der Waals surface area contributed by atoms with Crippen molar-refractivity contribution in [1.29, 1.82) is 0 Å². The predicted octanol–water partition coefficient (Wildman–Crippen LogP) is 8.36. The second-order valence-corrected chi connectivity index (χ2v) is 10.1. The predicted molar refractivity (Wildman–Crippen MR) is 138 cm³/mol. The van der Waals surface area contributed by atoms with Gasteiger partial charge in [0.2, 0.25) is 0 Å². The van der Waals surface area contributed by atoms with E-state index < -0.39 is 23.9 Å². The first-order valence-electron chi connectivity index (χ1n) is 12.5. The highest BCUT2D eigenvalue weighted by molar-refractivity contribution is 5.70. The van der Waals surface area contributed by atoms with E-state index in [0.29, 0.717) is 24.2 Å². The number of alkyl halides is 3. The van der Waals surface area contributed by atoms with Gasteiger partial charge in [0.25, 0.3) is 0 Å². The van der Waals surface area contributed by atoms with Crippen LogP contribution in [0.2, 0.25) is 0 Å². The van der Waals surface area contributed by atoms with Crippen LogP contribution < -0.4 is 9.47 Å². The molecule has 0 saturated heterocycles. The van der Waals surface area contributed by atoms with E-state index >= 15 is 0 Å².